The van der Waals surface area contributed by atoms with Gasteiger partial charge < -0.3 is 10.6 Å². The summed E-state index contributed by atoms with van der Waals surface area (Å²) in [4.78, 5) is 11.4. The lowest BCUT2D eigenvalue weighted by Crippen LogP contribution is -2.35. The molecule has 0 aliphatic heterocycles. The summed E-state index contributed by atoms with van der Waals surface area (Å²) >= 11 is 0. The van der Waals surface area contributed by atoms with Gasteiger partial charge in [0.2, 0.25) is 5.91 Å². The molecule has 0 saturated heterocycles. The third-order valence-corrected chi connectivity index (χ3v) is 5.46. The summed E-state index contributed by atoms with van der Waals surface area (Å²) in [7, 11) is 0. The number of rotatable bonds is 9. The monoisotopic (exact) mass is 400 g/mol. The molecule has 2 N–H and O–H groups in total. The number of benzene rings is 2. The normalized spacial score (nSPS) is 15.4. The molecule has 2 aromatic rings. The largest absolute Gasteiger partial charge is 0.326 e. The van der Waals surface area contributed by atoms with Crippen molar-refractivity contribution in [2.75, 3.05) is 11.9 Å². The Balaban J connectivity index is 0.00000280. The lowest BCUT2D eigenvalue weighted by molar-refractivity contribution is -0.114. The van der Waals surface area contributed by atoms with Crippen LogP contribution in [0.4, 0.5) is 5.69 Å². The second-order valence-corrected chi connectivity index (χ2v) is 7.67. The number of nitrogens with one attached hydrogen (secondary N) is 2. The van der Waals surface area contributed by atoms with Crippen LogP contribution < -0.4 is 10.6 Å². The molecule has 4 heteroatoms. The molecule has 1 aliphatic carbocycles. The predicted octanol–water partition coefficient (Wildman–Crippen LogP) is 5.32. The van der Waals surface area contributed by atoms with Crippen LogP contribution in [0, 0.1) is 0 Å². The molecule has 0 fully saturated rings. The standard InChI is InChI=1S/C24H32N2O.ClH/c1-19(27)26-24-14-9-13-21-18-22(15-16-23(21)24)25-17-8-3-2-5-10-20-11-6-4-7-12-20;/h4,6-7,9,11-14,22,25H,2-3,5,8,10,15-18H2,1H3,(H,26,27);1H. The third-order valence-electron chi connectivity index (χ3n) is 5.46. The molecule has 0 saturated carbocycles. The van der Waals surface area contributed by atoms with Gasteiger partial charge in [0.15, 0.2) is 0 Å². The SMILES string of the molecule is CC(=O)Nc1cccc2c1CCC(NCCCCCCc1ccccc1)C2.Cl. The predicted molar refractivity (Wildman–Crippen MR) is 120 cm³/mol. The van der Waals surface area contributed by atoms with Crippen molar-refractivity contribution in [2.24, 2.45) is 0 Å². The molecule has 2 aromatic carbocycles. The average Bonchev–Trinajstić information content (AvgIpc) is 2.68. The molecular weight excluding hydrogens is 368 g/mol. The van der Waals surface area contributed by atoms with Crippen LogP contribution in [-0.4, -0.2) is 18.5 Å². The molecule has 0 radical (unpaired) electrons. The Bertz CT molecular complexity index is 733. The van der Waals surface area contributed by atoms with Gasteiger partial charge in [0.05, 0.1) is 0 Å². The molecule has 0 aromatic heterocycles. The zero-order valence-electron chi connectivity index (χ0n) is 16.9. The Labute approximate surface area is 175 Å². The van der Waals surface area contributed by atoms with Crippen LogP contribution in [0.25, 0.3) is 0 Å². The minimum atomic E-state index is 0. The molecule has 3 nitrogen and oxygen atoms in total. The zero-order valence-corrected chi connectivity index (χ0v) is 17.7. The van der Waals surface area contributed by atoms with Gasteiger partial charge in [-0.15, -0.1) is 12.4 Å². The van der Waals surface area contributed by atoms with Crippen LogP contribution in [0.5, 0.6) is 0 Å². The molecule has 1 aliphatic rings. The first-order valence-corrected chi connectivity index (χ1v) is 10.4. The summed E-state index contributed by atoms with van der Waals surface area (Å²) in [5.74, 6) is 0.0101. The molecule has 0 bridgehead atoms. The van der Waals surface area contributed by atoms with Gasteiger partial charge >= 0.3 is 0 Å². The van der Waals surface area contributed by atoms with Crippen molar-refractivity contribution in [1.29, 1.82) is 0 Å². The lowest BCUT2D eigenvalue weighted by Gasteiger charge is -2.27. The maximum Gasteiger partial charge on any atom is 0.221 e. The first kappa shape index (κ1) is 22.4. The van der Waals surface area contributed by atoms with E-state index in [-0.39, 0.29) is 18.3 Å². The summed E-state index contributed by atoms with van der Waals surface area (Å²) in [5, 5.41) is 6.72. The van der Waals surface area contributed by atoms with Crippen molar-refractivity contribution in [3.63, 3.8) is 0 Å². The van der Waals surface area contributed by atoms with Crippen LogP contribution in [0.1, 0.15) is 55.7 Å². The zero-order chi connectivity index (χ0) is 18.9. The maximum absolute atomic E-state index is 11.4. The van der Waals surface area contributed by atoms with E-state index in [4.69, 9.17) is 0 Å². The van der Waals surface area contributed by atoms with Crippen LogP contribution >= 0.6 is 12.4 Å². The number of carbonyl (C=O) groups excluding carboxylic acids is 1. The van der Waals surface area contributed by atoms with E-state index in [1.807, 2.05) is 6.07 Å². The fourth-order valence-electron chi connectivity index (χ4n) is 4.05. The summed E-state index contributed by atoms with van der Waals surface area (Å²) in [6, 6.07) is 17.6. The molecule has 1 atom stereocenters. The van der Waals surface area contributed by atoms with Crippen molar-refractivity contribution in [3.05, 3.63) is 65.2 Å². The van der Waals surface area contributed by atoms with Gasteiger partial charge in [-0.3, -0.25) is 4.79 Å². The number of unbranched alkanes of at least 4 members (excludes halogenated alkanes) is 3. The van der Waals surface area contributed by atoms with Crippen molar-refractivity contribution < 1.29 is 4.79 Å². The third kappa shape index (κ3) is 6.96. The number of anilines is 1. The van der Waals surface area contributed by atoms with Crippen LogP contribution in [-0.2, 0) is 24.1 Å². The molecule has 0 spiro atoms. The first-order valence-electron chi connectivity index (χ1n) is 10.4. The second kappa shape index (κ2) is 11.9. The van der Waals surface area contributed by atoms with E-state index in [1.165, 1.54) is 48.8 Å². The van der Waals surface area contributed by atoms with E-state index in [1.54, 1.807) is 6.92 Å². The highest BCUT2D eigenvalue weighted by atomic mass is 35.5. The molecule has 0 heterocycles. The Morgan fingerprint density at radius 1 is 1.00 bits per heavy atom. The maximum atomic E-state index is 11.4. The van der Waals surface area contributed by atoms with Crippen molar-refractivity contribution in [2.45, 2.75) is 64.3 Å². The summed E-state index contributed by atoms with van der Waals surface area (Å²) in [6.07, 6.45) is 9.61. The topological polar surface area (TPSA) is 41.1 Å². The summed E-state index contributed by atoms with van der Waals surface area (Å²) in [5.41, 5.74) is 5.16. The molecular formula is C24H33ClN2O. The number of aryl methyl sites for hydroxylation is 1. The van der Waals surface area contributed by atoms with Gasteiger partial charge in [-0.05, 0) is 67.8 Å². The van der Waals surface area contributed by atoms with Crippen molar-refractivity contribution >= 4 is 24.0 Å². The van der Waals surface area contributed by atoms with E-state index < -0.39 is 0 Å². The first-order chi connectivity index (χ1) is 13.2. The Morgan fingerprint density at radius 2 is 1.79 bits per heavy atom. The number of hydrogen-bond donors (Lipinski definition) is 2. The lowest BCUT2D eigenvalue weighted by atomic mass is 9.87. The number of fused-ring (bicyclic) bond motifs is 1. The van der Waals surface area contributed by atoms with E-state index in [0.717, 1.165) is 31.5 Å². The van der Waals surface area contributed by atoms with E-state index >= 15 is 0 Å². The van der Waals surface area contributed by atoms with Crippen molar-refractivity contribution in [1.82, 2.24) is 5.32 Å². The minimum absolute atomic E-state index is 0. The van der Waals surface area contributed by atoms with Gasteiger partial charge in [0.1, 0.15) is 0 Å². The summed E-state index contributed by atoms with van der Waals surface area (Å²) < 4.78 is 0. The summed E-state index contributed by atoms with van der Waals surface area (Å²) in [6.45, 7) is 2.68. The van der Waals surface area contributed by atoms with Crippen LogP contribution in [0.2, 0.25) is 0 Å². The molecule has 1 amide bonds. The number of amides is 1. The van der Waals surface area contributed by atoms with Crippen molar-refractivity contribution in [3.8, 4) is 0 Å². The molecule has 28 heavy (non-hydrogen) atoms. The molecule has 3 rings (SSSR count). The Morgan fingerprint density at radius 3 is 2.57 bits per heavy atom. The van der Waals surface area contributed by atoms with Crippen LogP contribution in [0.15, 0.2) is 48.5 Å². The minimum Gasteiger partial charge on any atom is -0.326 e. The number of hydrogen-bond acceptors (Lipinski definition) is 2. The average molecular weight is 401 g/mol. The quantitative estimate of drug-likeness (QED) is 0.559. The van der Waals surface area contributed by atoms with Gasteiger partial charge in [0.25, 0.3) is 0 Å². The van der Waals surface area contributed by atoms with E-state index in [9.17, 15) is 4.79 Å². The highest BCUT2D eigenvalue weighted by Gasteiger charge is 2.20. The van der Waals surface area contributed by atoms with Crippen LogP contribution in [0.3, 0.4) is 0 Å². The molecule has 1 unspecified atom stereocenters. The number of carbonyl (C=O) groups is 1. The van der Waals surface area contributed by atoms with Gasteiger partial charge in [-0.25, -0.2) is 0 Å². The highest BCUT2D eigenvalue weighted by Crippen LogP contribution is 2.28. The van der Waals surface area contributed by atoms with Gasteiger partial charge in [-0.1, -0.05) is 55.3 Å². The fourth-order valence-corrected chi connectivity index (χ4v) is 4.05. The molecule has 152 valence electrons. The van der Waals surface area contributed by atoms with E-state index in [0.29, 0.717) is 6.04 Å². The second-order valence-electron chi connectivity index (χ2n) is 7.67. The number of halogens is 1. The van der Waals surface area contributed by atoms with E-state index in [2.05, 4.69) is 53.1 Å². The van der Waals surface area contributed by atoms with Gasteiger partial charge in [0, 0.05) is 18.7 Å². The Hall–Kier alpha value is -1.84. The fraction of sp³-hybridized carbons (Fsp3) is 0.458. The van der Waals surface area contributed by atoms with Gasteiger partial charge in [-0.2, -0.15) is 0 Å². The Kier molecular flexibility index (Phi) is 9.52. The smallest absolute Gasteiger partial charge is 0.221 e. The highest BCUT2D eigenvalue weighted by molar-refractivity contribution is 5.89.